The number of amides is 1. The third-order valence-electron chi connectivity index (χ3n) is 5.03. The van der Waals surface area contributed by atoms with Gasteiger partial charge in [-0.15, -0.1) is 0 Å². The lowest BCUT2D eigenvalue weighted by atomic mass is 9.80. The summed E-state index contributed by atoms with van der Waals surface area (Å²) in [5.74, 6) is -0.411. The smallest absolute Gasteiger partial charge is 0.326 e. The molecule has 1 aliphatic carbocycles. The molecule has 1 amide bonds. The van der Waals surface area contributed by atoms with Gasteiger partial charge in [0, 0.05) is 18.4 Å². The molecule has 2 rings (SSSR count). The molecule has 0 aromatic carbocycles. The molecule has 2 fully saturated rings. The Balaban J connectivity index is 1.87. The molecule has 2 unspecified atom stereocenters. The van der Waals surface area contributed by atoms with Crippen molar-refractivity contribution in [2.45, 2.75) is 57.9 Å². The summed E-state index contributed by atoms with van der Waals surface area (Å²) in [5.41, 5.74) is 0. The van der Waals surface area contributed by atoms with Gasteiger partial charge in [0.05, 0.1) is 6.61 Å². The minimum Gasteiger partial charge on any atom is -0.480 e. The van der Waals surface area contributed by atoms with E-state index in [9.17, 15) is 14.7 Å². The van der Waals surface area contributed by atoms with Gasteiger partial charge in [0.1, 0.15) is 6.04 Å². The fraction of sp³-hybridized carbons (Fsp3) is 0.875. The summed E-state index contributed by atoms with van der Waals surface area (Å²) in [4.78, 5) is 23.8. The van der Waals surface area contributed by atoms with Crippen LogP contribution in [-0.4, -0.2) is 36.2 Å². The van der Waals surface area contributed by atoms with Gasteiger partial charge in [0.2, 0.25) is 5.91 Å². The van der Waals surface area contributed by atoms with E-state index < -0.39 is 12.0 Å². The molecular formula is C16H27NO4. The van der Waals surface area contributed by atoms with Crippen molar-refractivity contribution in [2.75, 3.05) is 13.2 Å². The number of carbonyl (C=O) groups is 2. The van der Waals surface area contributed by atoms with Crippen LogP contribution in [0.4, 0.5) is 0 Å². The summed E-state index contributed by atoms with van der Waals surface area (Å²) >= 11 is 0. The van der Waals surface area contributed by atoms with Gasteiger partial charge in [-0.05, 0) is 44.4 Å². The van der Waals surface area contributed by atoms with Crippen molar-refractivity contribution >= 4 is 11.9 Å². The third kappa shape index (κ3) is 4.43. The fourth-order valence-corrected chi connectivity index (χ4v) is 3.51. The standard InChI is InChI=1S/C16H27NO4/c1-2-11-5-7-12(8-6-11)15(18)17-14(16(19)20)13-4-3-9-21-10-13/h11-14H,2-10H2,1H3,(H,17,18)(H,19,20). The average Bonchev–Trinajstić information content (AvgIpc) is 2.53. The summed E-state index contributed by atoms with van der Waals surface area (Å²) < 4.78 is 5.35. The Kier molecular flexibility index (Phi) is 6.03. The molecule has 5 heteroatoms. The van der Waals surface area contributed by atoms with Crippen LogP contribution in [0.15, 0.2) is 0 Å². The van der Waals surface area contributed by atoms with Crippen LogP contribution in [-0.2, 0) is 14.3 Å². The Hall–Kier alpha value is -1.10. The molecule has 2 aliphatic rings. The Morgan fingerprint density at radius 2 is 1.95 bits per heavy atom. The molecule has 0 aromatic heterocycles. The van der Waals surface area contributed by atoms with Gasteiger partial charge >= 0.3 is 5.97 Å². The monoisotopic (exact) mass is 297 g/mol. The highest BCUT2D eigenvalue weighted by Crippen LogP contribution is 2.31. The summed E-state index contributed by atoms with van der Waals surface area (Å²) in [7, 11) is 0. The van der Waals surface area contributed by atoms with Crippen molar-refractivity contribution in [3.8, 4) is 0 Å². The summed E-state index contributed by atoms with van der Waals surface area (Å²) in [6, 6.07) is -0.804. The van der Waals surface area contributed by atoms with Crippen LogP contribution in [0.2, 0.25) is 0 Å². The SMILES string of the molecule is CCC1CCC(C(=O)NC(C(=O)O)C2CCCOC2)CC1. The van der Waals surface area contributed by atoms with Crippen molar-refractivity contribution in [1.82, 2.24) is 5.32 Å². The first kappa shape index (κ1) is 16.3. The number of rotatable bonds is 5. The van der Waals surface area contributed by atoms with Gasteiger partial charge < -0.3 is 15.2 Å². The van der Waals surface area contributed by atoms with Crippen molar-refractivity contribution in [3.05, 3.63) is 0 Å². The third-order valence-corrected chi connectivity index (χ3v) is 5.03. The van der Waals surface area contributed by atoms with Gasteiger partial charge in [0.25, 0.3) is 0 Å². The Morgan fingerprint density at radius 3 is 2.48 bits per heavy atom. The number of hydrogen-bond acceptors (Lipinski definition) is 3. The minimum absolute atomic E-state index is 0.0147. The lowest BCUT2D eigenvalue weighted by Gasteiger charge is -2.31. The zero-order chi connectivity index (χ0) is 15.2. The second kappa shape index (κ2) is 7.78. The Bertz CT molecular complexity index is 357. The van der Waals surface area contributed by atoms with Crippen LogP contribution in [0, 0.1) is 17.8 Å². The minimum atomic E-state index is -0.943. The fourth-order valence-electron chi connectivity index (χ4n) is 3.51. The molecule has 0 bridgehead atoms. The Labute approximate surface area is 126 Å². The van der Waals surface area contributed by atoms with Crippen molar-refractivity contribution < 1.29 is 19.4 Å². The molecule has 1 saturated heterocycles. The van der Waals surface area contributed by atoms with Crippen LogP contribution in [0.1, 0.15) is 51.9 Å². The van der Waals surface area contributed by atoms with Gasteiger partial charge in [-0.1, -0.05) is 13.3 Å². The summed E-state index contributed by atoms with van der Waals surface area (Å²) in [6.45, 7) is 3.31. The highest BCUT2D eigenvalue weighted by molar-refractivity contribution is 5.85. The van der Waals surface area contributed by atoms with E-state index in [1.54, 1.807) is 0 Å². The zero-order valence-electron chi connectivity index (χ0n) is 12.8. The number of carboxylic acids is 1. The molecule has 1 saturated carbocycles. The average molecular weight is 297 g/mol. The predicted molar refractivity (Wildman–Crippen MR) is 78.8 cm³/mol. The lowest BCUT2D eigenvalue weighted by Crippen LogP contribution is -2.50. The number of carbonyl (C=O) groups excluding carboxylic acids is 1. The van der Waals surface area contributed by atoms with Crippen LogP contribution < -0.4 is 5.32 Å². The lowest BCUT2D eigenvalue weighted by molar-refractivity contribution is -0.146. The van der Waals surface area contributed by atoms with Crippen LogP contribution in [0.3, 0.4) is 0 Å². The number of ether oxygens (including phenoxy) is 1. The summed E-state index contributed by atoms with van der Waals surface area (Å²) in [5, 5.41) is 12.2. The van der Waals surface area contributed by atoms with E-state index >= 15 is 0 Å². The second-order valence-corrected chi connectivity index (χ2v) is 6.43. The van der Waals surface area contributed by atoms with E-state index in [4.69, 9.17) is 4.74 Å². The molecular weight excluding hydrogens is 270 g/mol. The first-order valence-corrected chi connectivity index (χ1v) is 8.22. The number of aliphatic carboxylic acids is 1. The van der Waals surface area contributed by atoms with E-state index in [0.717, 1.165) is 44.4 Å². The highest BCUT2D eigenvalue weighted by atomic mass is 16.5. The van der Waals surface area contributed by atoms with Crippen LogP contribution >= 0.6 is 0 Å². The van der Waals surface area contributed by atoms with Gasteiger partial charge in [-0.25, -0.2) is 4.79 Å². The predicted octanol–water partition coefficient (Wildman–Crippen LogP) is 2.20. The molecule has 0 radical (unpaired) electrons. The molecule has 2 N–H and O–H groups in total. The molecule has 0 spiro atoms. The van der Waals surface area contributed by atoms with Gasteiger partial charge in [-0.3, -0.25) is 4.79 Å². The van der Waals surface area contributed by atoms with Gasteiger partial charge in [-0.2, -0.15) is 0 Å². The summed E-state index contributed by atoms with van der Waals surface area (Å²) in [6.07, 6.45) is 6.78. The molecule has 1 heterocycles. The second-order valence-electron chi connectivity index (χ2n) is 6.43. The van der Waals surface area contributed by atoms with E-state index in [2.05, 4.69) is 12.2 Å². The number of hydrogen-bond donors (Lipinski definition) is 2. The maximum absolute atomic E-state index is 12.3. The first-order chi connectivity index (χ1) is 10.1. The quantitative estimate of drug-likeness (QED) is 0.815. The molecule has 5 nitrogen and oxygen atoms in total. The molecule has 120 valence electrons. The number of nitrogens with one attached hydrogen (secondary N) is 1. The van der Waals surface area contributed by atoms with Crippen molar-refractivity contribution in [2.24, 2.45) is 17.8 Å². The van der Waals surface area contributed by atoms with E-state index in [0.29, 0.717) is 13.2 Å². The van der Waals surface area contributed by atoms with Crippen LogP contribution in [0.25, 0.3) is 0 Å². The number of carboxylic acid groups (broad SMARTS) is 1. The topological polar surface area (TPSA) is 75.6 Å². The normalized spacial score (nSPS) is 31.4. The molecule has 21 heavy (non-hydrogen) atoms. The van der Waals surface area contributed by atoms with Crippen molar-refractivity contribution in [3.63, 3.8) is 0 Å². The van der Waals surface area contributed by atoms with Gasteiger partial charge in [0.15, 0.2) is 0 Å². The maximum atomic E-state index is 12.3. The van der Waals surface area contributed by atoms with Crippen LogP contribution in [0.5, 0.6) is 0 Å². The Morgan fingerprint density at radius 1 is 1.24 bits per heavy atom. The first-order valence-electron chi connectivity index (χ1n) is 8.22. The molecule has 1 aliphatic heterocycles. The van der Waals surface area contributed by atoms with Crippen molar-refractivity contribution in [1.29, 1.82) is 0 Å². The maximum Gasteiger partial charge on any atom is 0.326 e. The molecule has 2 atom stereocenters. The molecule has 0 aromatic rings. The van der Waals surface area contributed by atoms with E-state index in [1.165, 1.54) is 6.42 Å². The van der Waals surface area contributed by atoms with E-state index in [-0.39, 0.29) is 17.7 Å². The largest absolute Gasteiger partial charge is 0.480 e. The zero-order valence-corrected chi connectivity index (χ0v) is 12.8. The highest BCUT2D eigenvalue weighted by Gasteiger charge is 2.34. The van der Waals surface area contributed by atoms with E-state index in [1.807, 2.05) is 0 Å².